The summed E-state index contributed by atoms with van der Waals surface area (Å²) in [5.74, 6) is 0.160. The van der Waals surface area contributed by atoms with Crippen molar-refractivity contribution in [3.05, 3.63) is 29.3 Å². The van der Waals surface area contributed by atoms with Gasteiger partial charge in [0.2, 0.25) is 0 Å². The van der Waals surface area contributed by atoms with Crippen LogP contribution in [0.4, 0.5) is 0 Å². The Morgan fingerprint density at radius 2 is 1.86 bits per heavy atom. The molecule has 1 aliphatic carbocycles. The minimum atomic E-state index is -1.09. The Hall–Kier alpha value is -1.84. The van der Waals surface area contributed by atoms with Crippen LogP contribution in [-0.2, 0) is 19.7 Å². The van der Waals surface area contributed by atoms with Crippen molar-refractivity contribution in [1.82, 2.24) is 0 Å². The zero-order valence-corrected chi connectivity index (χ0v) is 14.0. The highest BCUT2D eigenvalue weighted by Crippen LogP contribution is 2.48. The van der Waals surface area contributed by atoms with E-state index in [1.54, 1.807) is 14.0 Å². The first-order chi connectivity index (χ1) is 10.3. The molecular weight excluding hydrogens is 280 g/mol. The summed E-state index contributed by atoms with van der Waals surface area (Å²) in [6, 6.07) is 5.82. The Bertz CT molecular complexity index is 607. The Labute approximate surface area is 131 Å². The first-order valence-corrected chi connectivity index (χ1v) is 7.58. The van der Waals surface area contributed by atoms with Crippen LogP contribution in [-0.4, -0.2) is 26.0 Å². The number of esters is 1. The third-order valence-corrected chi connectivity index (χ3v) is 4.94. The number of rotatable bonds is 3. The fourth-order valence-electron chi connectivity index (χ4n) is 3.56. The third-order valence-electron chi connectivity index (χ3n) is 4.94. The smallest absolute Gasteiger partial charge is 0.319 e. The molecule has 0 unspecified atom stereocenters. The van der Waals surface area contributed by atoms with Crippen molar-refractivity contribution in [3.8, 4) is 5.75 Å². The Kier molecular flexibility index (Phi) is 4.32. The summed E-state index contributed by atoms with van der Waals surface area (Å²) in [5, 5.41) is 0. The molecule has 4 heteroatoms. The van der Waals surface area contributed by atoms with Gasteiger partial charge in [0.1, 0.15) is 11.2 Å². The quantitative estimate of drug-likeness (QED) is 0.635. The molecule has 1 saturated carbocycles. The van der Waals surface area contributed by atoms with E-state index >= 15 is 0 Å². The van der Waals surface area contributed by atoms with Gasteiger partial charge in [-0.25, -0.2) is 0 Å². The van der Waals surface area contributed by atoms with Gasteiger partial charge in [0.25, 0.3) is 0 Å². The van der Waals surface area contributed by atoms with Crippen LogP contribution in [0.15, 0.2) is 18.2 Å². The van der Waals surface area contributed by atoms with E-state index in [4.69, 9.17) is 9.47 Å². The molecule has 22 heavy (non-hydrogen) atoms. The maximum Gasteiger partial charge on any atom is 0.319 e. The summed E-state index contributed by atoms with van der Waals surface area (Å²) in [5.41, 5.74) is 0.0969. The second-order valence-electron chi connectivity index (χ2n) is 6.54. The molecule has 0 aromatic heterocycles. The van der Waals surface area contributed by atoms with Crippen molar-refractivity contribution in [2.24, 2.45) is 5.41 Å². The summed E-state index contributed by atoms with van der Waals surface area (Å²) in [6.45, 7) is 5.59. The normalized spacial score (nSPS) is 28.3. The topological polar surface area (TPSA) is 52.6 Å². The van der Waals surface area contributed by atoms with E-state index in [1.165, 1.54) is 7.11 Å². The number of carbonyl (C=O) groups is 2. The molecule has 0 saturated heterocycles. The molecule has 4 nitrogen and oxygen atoms in total. The fourth-order valence-corrected chi connectivity index (χ4v) is 3.56. The Morgan fingerprint density at radius 3 is 2.45 bits per heavy atom. The number of benzene rings is 1. The molecule has 120 valence electrons. The van der Waals surface area contributed by atoms with Crippen LogP contribution in [0.25, 0.3) is 0 Å². The average molecular weight is 304 g/mol. The van der Waals surface area contributed by atoms with Gasteiger partial charge < -0.3 is 9.47 Å². The maximum absolute atomic E-state index is 13.2. The number of aryl methyl sites for hydroxylation is 1. The van der Waals surface area contributed by atoms with Crippen molar-refractivity contribution in [1.29, 1.82) is 0 Å². The lowest BCUT2D eigenvalue weighted by atomic mass is 9.59. The van der Waals surface area contributed by atoms with Crippen LogP contribution < -0.4 is 4.74 Å². The molecule has 1 fully saturated rings. The van der Waals surface area contributed by atoms with E-state index < -0.39 is 16.8 Å². The monoisotopic (exact) mass is 304 g/mol. The number of methoxy groups -OCH3 is 2. The van der Waals surface area contributed by atoms with E-state index in [2.05, 4.69) is 0 Å². The van der Waals surface area contributed by atoms with E-state index in [9.17, 15) is 9.59 Å². The third kappa shape index (κ3) is 2.40. The molecule has 2 atom stereocenters. The van der Waals surface area contributed by atoms with E-state index in [0.717, 1.165) is 17.5 Å². The number of Topliss-reactive ketones (excluding diaryl/α,β-unsaturated/α-hetero) is 1. The molecule has 0 N–H and O–H groups in total. The fraction of sp³-hybridized carbons (Fsp3) is 0.556. The molecule has 1 aliphatic rings. The molecule has 0 spiro atoms. The number of hydrogen-bond donors (Lipinski definition) is 0. The van der Waals surface area contributed by atoms with Crippen LogP contribution in [0.2, 0.25) is 0 Å². The van der Waals surface area contributed by atoms with Crippen LogP contribution in [0.5, 0.6) is 5.75 Å². The second kappa shape index (κ2) is 5.75. The number of carbonyl (C=O) groups excluding carboxylic acids is 2. The highest BCUT2D eigenvalue weighted by Gasteiger charge is 2.54. The SMILES string of the molecule is COC(=O)[C@]1(C)CCC[C@@](C)(c2cc(C)ccc2OC)C1=O. The highest BCUT2D eigenvalue weighted by molar-refractivity contribution is 6.09. The first kappa shape index (κ1) is 16.5. The van der Waals surface area contributed by atoms with Crippen LogP contribution in [0, 0.1) is 12.3 Å². The van der Waals surface area contributed by atoms with Crippen LogP contribution in [0.1, 0.15) is 44.2 Å². The lowest BCUT2D eigenvalue weighted by molar-refractivity contribution is -0.161. The lowest BCUT2D eigenvalue weighted by Gasteiger charge is -2.42. The molecule has 0 radical (unpaired) electrons. The van der Waals surface area contributed by atoms with Crippen molar-refractivity contribution < 1.29 is 19.1 Å². The van der Waals surface area contributed by atoms with Gasteiger partial charge in [-0.2, -0.15) is 0 Å². The second-order valence-corrected chi connectivity index (χ2v) is 6.54. The first-order valence-electron chi connectivity index (χ1n) is 7.58. The predicted molar refractivity (Wildman–Crippen MR) is 84.1 cm³/mol. The number of ether oxygens (including phenoxy) is 2. The van der Waals surface area contributed by atoms with Gasteiger partial charge in [0, 0.05) is 5.56 Å². The van der Waals surface area contributed by atoms with Gasteiger partial charge in [0.05, 0.1) is 19.6 Å². The minimum absolute atomic E-state index is 0.0815. The summed E-state index contributed by atoms with van der Waals surface area (Å²) >= 11 is 0. The predicted octanol–water partition coefficient (Wildman–Crippen LogP) is 3.19. The molecule has 1 aromatic carbocycles. The van der Waals surface area contributed by atoms with Crippen LogP contribution in [0.3, 0.4) is 0 Å². The molecule has 0 heterocycles. The zero-order chi connectivity index (χ0) is 16.5. The van der Waals surface area contributed by atoms with Crippen molar-refractivity contribution in [2.75, 3.05) is 14.2 Å². The summed E-state index contributed by atoms with van der Waals surface area (Å²) < 4.78 is 10.3. The Morgan fingerprint density at radius 1 is 1.18 bits per heavy atom. The van der Waals surface area contributed by atoms with Crippen molar-refractivity contribution in [3.63, 3.8) is 0 Å². The van der Waals surface area contributed by atoms with Gasteiger partial charge in [-0.05, 0) is 39.7 Å². The van der Waals surface area contributed by atoms with E-state index in [1.807, 2.05) is 32.0 Å². The highest BCUT2D eigenvalue weighted by atomic mass is 16.5. The molecule has 2 rings (SSSR count). The number of ketones is 1. The van der Waals surface area contributed by atoms with Gasteiger partial charge >= 0.3 is 5.97 Å². The lowest BCUT2D eigenvalue weighted by Crippen LogP contribution is -2.51. The molecule has 0 amide bonds. The standard InChI is InChI=1S/C18H24O4/c1-12-7-8-14(21-4)13(11-12)17(2)9-6-10-18(3,15(17)19)16(20)22-5/h7-8,11H,6,9-10H2,1-5H3/t17-,18+/m0/s1. The van der Waals surface area contributed by atoms with Crippen molar-refractivity contribution >= 4 is 11.8 Å². The average Bonchev–Trinajstić information content (AvgIpc) is 2.51. The van der Waals surface area contributed by atoms with Gasteiger partial charge in [-0.15, -0.1) is 0 Å². The van der Waals surface area contributed by atoms with E-state index in [0.29, 0.717) is 18.6 Å². The molecule has 0 aliphatic heterocycles. The van der Waals surface area contributed by atoms with Gasteiger partial charge in [0.15, 0.2) is 5.78 Å². The largest absolute Gasteiger partial charge is 0.496 e. The number of hydrogen-bond acceptors (Lipinski definition) is 4. The summed E-state index contributed by atoms with van der Waals surface area (Å²) in [6.07, 6.45) is 2.03. The zero-order valence-electron chi connectivity index (χ0n) is 14.0. The summed E-state index contributed by atoms with van der Waals surface area (Å²) in [7, 11) is 2.93. The summed E-state index contributed by atoms with van der Waals surface area (Å²) in [4.78, 5) is 25.4. The Balaban J connectivity index is 2.56. The van der Waals surface area contributed by atoms with Crippen molar-refractivity contribution in [2.45, 2.75) is 45.4 Å². The molecule has 0 bridgehead atoms. The molecule has 1 aromatic rings. The van der Waals surface area contributed by atoms with Gasteiger partial charge in [-0.1, -0.05) is 24.1 Å². The minimum Gasteiger partial charge on any atom is -0.496 e. The van der Waals surface area contributed by atoms with Crippen LogP contribution >= 0.6 is 0 Å². The maximum atomic E-state index is 13.2. The molecular formula is C18H24O4. The van der Waals surface area contributed by atoms with Gasteiger partial charge in [-0.3, -0.25) is 9.59 Å². The van der Waals surface area contributed by atoms with E-state index in [-0.39, 0.29) is 5.78 Å².